The molecule has 0 heterocycles. The van der Waals surface area contributed by atoms with Crippen molar-refractivity contribution in [3.05, 3.63) is 42.0 Å². The van der Waals surface area contributed by atoms with E-state index in [2.05, 4.69) is 10.6 Å². The third kappa shape index (κ3) is 6.38. The van der Waals surface area contributed by atoms with Gasteiger partial charge in [-0.3, -0.25) is 9.59 Å². The number of nitrogens with one attached hydrogen (secondary N) is 2. The van der Waals surface area contributed by atoms with Crippen LogP contribution in [0.25, 0.3) is 0 Å². The van der Waals surface area contributed by atoms with Crippen LogP contribution in [0.5, 0.6) is 17.2 Å². The van der Waals surface area contributed by atoms with E-state index in [4.69, 9.17) is 18.9 Å². The smallest absolute Gasteiger partial charge is 0.255 e. The molecule has 2 amide bonds. The maximum Gasteiger partial charge on any atom is 0.255 e. The highest BCUT2D eigenvalue weighted by Gasteiger charge is 2.18. The third-order valence-electron chi connectivity index (χ3n) is 3.87. The zero-order valence-corrected chi connectivity index (χ0v) is 17.7. The zero-order valence-electron chi connectivity index (χ0n) is 17.7. The molecule has 162 valence electrons. The lowest BCUT2D eigenvalue weighted by molar-refractivity contribution is -0.119. The molecule has 30 heavy (non-hydrogen) atoms. The lowest BCUT2D eigenvalue weighted by Crippen LogP contribution is -2.17. The maximum atomic E-state index is 12.8. The SMILES string of the molecule is CCOc1cc(C(=O)Nc2ccc(NC(=O)COC)cc2)cc(OCC)c1OCC. The fourth-order valence-corrected chi connectivity index (χ4v) is 2.69. The number of methoxy groups -OCH3 is 1. The summed E-state index contributed by atoms with van der Waals surface area (Å²) in [6.45, 7) is 6.85. The molecule has 8 nitrogen and oxygen atoms in total. The predicted molar refractivity (Wildman–Crippen MR) is 115 cm³/mol. The molecule has 0 atom stereocenters. The average molecular weight is 416 g/mol. The molecule has 0 aliphatic heterocycles. The second kappa shape index (κ2) is 11.7. The first-order valence-electron chi connectivity index (χ1n) is 9.78. The van der Waals surface area contributed by atoms with E-state index in [0.717, 1.165) is 0 Å². The van der Waals surface area contributed by atoms with Crippen molar-refractivity contribution in [2.45, 2.75) is 20.8 Å². The second-order valence-electron chi connectivity index (χ2n) is 6.11. The Balaban J connectivity index is 2.20. The molecule has 0 radical (unpaired) electrons. The molecule has 0 bridgehead atoms. The minimum absolute atomic E-state index is 0.0272. The molecule has 0 saturated carbocycles. The predicted octanol–water partition coefficient (Wildman–Crippen LogP) is 3.72. The van der Waals surface area contributed by atoms with Gasteiger partial charge < -0.3 is 29.6 Å². The Bertz CT molecular complexity index is 824. The van der Waals surface area contributed by atoms with Crippen molar-refractivity contribution in [2.24, 2.45) is 0 Å². The van der Waals surface area contributed by atoms with E-state index in [9.17, 15) is 9.59 Å². The van der Waals surface area contributed by atoms with Crippen LogP contribution in [0.1, 0.15) is 31.1 Å². The van der Waals surface area contributed by atoms with Gasteiger partial charge in [-0.15, -0.1) is 0 Å². The molecule has 2 rings (SSSR count). The van der Waals surface area contributed by atoms with Gasteiger partial charge in [0.05, 0.1) is 19.8 Å². The van der Waals surface area contributed by atoms with Crippen molar-refractivity contribution < 1.29 is 28.5 Å². The highest BCUT2D eigenvalue weighted by molar-refractivity contribution is 6.05. The van der Waals surface area contributed by atoms with Gasteiger partial charge in [0.1, 0.15) is 6.61 Å². The van der Waals surface area contributed by atoms with Gasteiger partial charge in [-0.1, -0.05) is 0 Å². The molecule has 8 heteroatoms. The van der Waals surface area contributed by atoms with Crippen LogP contribution >= 0.6 is 0 Å². The highest BCUT2D eigenvalue weighted by atomic mass is 16.5. The normalized spacial score (nSPS) is 10.3. The summed E-state index contributed by atoms with van der Waals surface area (Å²) >= 11 is 0. The largest absolute Gasteiger partial charge is 0.490 e. The van der Waals surface area contributed by atoms with Crippen LogP contribution in [0.15, 0.2) is 36.4 Å². The molecule has 2 aromatic carbocycles. The van der Waals surface area contributed by atoms with Crippen molar-refractivity contribution in [3.63, 3.8) is 0 Å². The first kappa shape index (κ1) is 23.0. The minimum atomic E-state index is -0.323. The fourth-order valence-electron chi connectivity index (χ4n) is 2.69. The van der Waals surface area contributed by atoms with Crippen molar-refractivity contribution >= 4 is 23.2 Å². The van der Waals surface area contributed by atoms with E-state index in [1.165, 1.54) is 7.11 Å². The lowest BCUT2D eigenvalue weighted by atomic mass is 10.1. The molecular weight excluding hydrogens is 388 g/mol. The molecule has 0 aromatic heterocycles. The van der Waals surface area contributed by atoms with Crippen LogP contribution in [0.3, 0.4) is 0 Å². The number of hydrogen-bond acceptors (Lipinski definition) is 6. The average Bonchev–Trinajstić information content (AvgIpc) is 2.72. The van der Waals surface area contributed by atoms with Crippen LogP contribution < -0.4 is 24.8 Å². The van der Waals surface area contributed by atoms with E-state index in [1.54, 1.807) is 36.4 Å². The number of benzene rings is 2. The summed E-state index contributed by atoms with van der Waals surface area (Å²) in [4.78, 5) is 24.4. The van der Waals surface area contributed by atoms with Gasteiger partial charge in [0.25, 0.3) is 5.91 Å². The molecule has 0 saturated heterocycles. The Morgan fingerprint density at radius 3 is 1.77 bits per heavy atom. The summed E-state index contributed by atoms with van der Waals surface area (Å²) in [6, 6.07) is 10.0. The quantitative estimate of drug-likeness (QED) is 0.580. The molecule has 0 aliphatic carbocycles. The standard InChI is InChI=1S/C22H28N2O6/c1-5-28-18-12-15(13-19(29-6-2)21(18)30-7-3)22(26)24-17-10-8-16(9-11-17)23-20(25)14-27-4/h8-13H,5-7,14H2,1-4H3,(H,23,25)(H,24,26). The topological polar surface area (TPSA) is 95.1 Å². The fraction of sp³-hybridized carbons (Fsp3) is 0.364. The molecule has 2 aromatic rings. The molecular formula is C22H28N2O6. The van der Waals surface area contributed by atoms with E-state index in [1.807, 2.05) is 20.8 Å². The second-order valence-corrected chi connectivity index (χ2v) is 6.11. The Labute approximate surface area is 176 Å². The van der Waals surface area contributed by atoms with Crippen molar-refractivity contribution in [2.75, 3.05) is 44.2 Å². The number of rotatable bonds is 11. The summed E-state index contributed by atoms with van der Waals surface area (Å²) in [5.74, 6) is 0.805. The first-order valence-corrected chi connectivity index (χ1v) is 9.78. The van der Waals surface area contributed by atoms with Crippen molar-refractivity contribution in [1.82, 2.24) is 0 Å². The molecule has 0 aliphatic rings. The molecule has 0 unspecified atom stereocenters. The van der Waals surface area contributed by atoms with Gasteiger partial charge >= 0.3 is 0 Å². The van der Waals surface area contributed by atoms with Gasteiger partial charge in [0.15, 0.2) is 11.5 Å². The van der Waals surface area contributed by atoms with E-state index >= 15 is 0 Å². The van der Waals surface area contributed by atoms with Gasteiger partial charge in [0, 0.05) is 24.0 Å². The summed E-state index contributed by atoms with van der Waals surface area (Å²) in [5, 5.41) is 5.52. The zero-order chi connectivity index (χ0) is 21.9. The summed E-state index contributed by atoms with van der Waals surface area (Å²) in [6.07, 6.45) is 0. The van der Waals surface area contributed by atoms with Gasteiger partial charge in [-0.05, 0) is 57.2 Å². The minimum Gasteiger partial charge on any atom is -0.490 e. The first-order chi connectivity index (χ1) is 14.5. The van der Waals surface area contributed by atoms with Crippen LogP contribution in [0, 0.1) is 0 Å². The third-order valence-corrected chi connectivity index (χ3v) is 3.87. The Morgan fingerprint density at radius 2 is 1.30 bits per heavy atom. The molecule has 0 spiro atoms. The summed E-state index contributed by atoms with van der Waals surface area (Å²) < 4.78 is 21.8. The number of carbonyl (C=O) groups is 2. The van der Waals surface area contributed by atoms with Crippen LogP contribution in [0.4, 0.5) is 11.4 Å². The van der Waals surface area contributed by atoms with E-state index in [0.29, 0.717) is 54.0 Å². The Hall–Kier alpha value is -3.26. The van der Waals surface area contributed by atoms with Crippen molar-refractivity contribution in [1.29, 1.82) is 0 Å². The Kier molecular flexibility index (Phi) is 8.96. The Morgan fingerprint density at radius 1 is 0.800 bits per heavy atom. The van der Waals surface area contributed by atoms with E-state index < -0.39 is 0 Å². The van der Waals surface area contributed by atoms with Gasteiger partial charge in [-0.25, -0.2) is 0 Å². The van der Waals surface area contributed by atoms with Crippen LogP contribution in [-0.4, -0.2) is 45.4 Å². The van der Waals surface area contributed by atoms with E-state index in [-0.39, 0.29) is 18.4 Å². The molecule has 0 fully saturated rings. The number of ether oxygens (including phenoxy) is 4. The monoisotopic (exact) mass is 416 g/mol. The van der Waals surface area contributed by atoms with Crippen LogP contribution in [-0.2, 0) is 9.53 Å². The van der Waals surface area contributed by atoms with Crippen LogP contribution in [0.2, 0.25) is 0 Å². The number of amides is 2. The number of hydrogen-bond donors (Lipinski definition) is 2. The molecule has 2 N–H and O–H groups in total. The lowest BCUT2D eigenvalue weighted by Gasteiger charge is -2.17. The number of anilines is 2. The van der Waals surface area contributed by atoms with Crippen molar-refractivity contribution in [3.8, 4) is 17.2 Å². The summed E-state index contributed by atoms with van der Waals surface area (Å²) in [7, 11) is 1.45. The van der Waals surface area contributed by atoms with Gasteiger partial charge in [0.2, 0.25) is 11.7 Å². The summed E-state index contributed by atoms with van der Waals surface area (Å²) in [5.41, 5.74) is 1.56. The number of carbonyl (C=O) groups excluding carboxylic acids is 2. The van der Waals surface area contributed by atoms with Gasteiger partial charge in [-0.2, -0.15) is 0 Å². The highest BCUT2D eigenvalue weighted by Crippen LogP contribution is 2.39. The maximum absolute atomic E-state index is 12.8.